The van der Waals surface area contributed by atoms with E-state index in [1.807, 2.05) is 6.07 Å². The lowest BCUT2D eigenvalue weighted by Gasteiger charge is -2.16. The standard InChI is InChI=1S/C16H16FN3O2/c17-13-8-6-11(7-9-13)10-14(21)19-20-15(16(18)22)12-4-2-1-3-5-12/h1-9,15,20H,10H2,(H2,18,22)(H,19,21)/t15-/m1/s1. The highest BCUT2D eigenvalue weighted by atomic mass is 19.1. The van der Waals surface area contributed by atoms with Crippen molar-refractivity contribution in [2.75, 3.05) is 0 Å². The van der Waals surface area contributed by atoms with Crippen molar-refractivity contribution in [2.24, 2.45) is 5.73 Å². The number of nitrogens with one attached hydrogen (secondary N) is 2. The van der Waals surface area contributed by atoms with Crippen molar-refractivity contribution in [1.82, 2.24) is 10.9 Å². The number of hydrazine groups is 1. The van der Waals surface area contributed by atoms with E-state index < -0.39 is 11.9 Å². The molecule has 22 heavy (non-hydrogen) atoms. The molecule has 0 bridgehead atoms. The van der Waals surface area contributed by atoms with E-state index in [9.17, 15) is 14.0 Å². The van der Waals surface area contributed by atoms with Gasteiger partial charge in [0.05, 0.1) is 6.42 Å². The minimum atomic E-state index is -0.821. The fourth-order valence-electron chi connectivity index (χ4n) is 1.95. The molecule has 1 atom stereocenters. The van der Waals surface area contributed by atoms with Gasteiger partial charge in [-0.15, -0.1) is 0 Å². The van der Waals surface area contributed by atoms with Crippen LogP contribution in [0.15, 0.2) is 54.6 Å². The van der Waals surface area contributed by atoms with Crippen molar-refractivity contribution in [1.29, 1.82) is 0 Å². The summed E-state index contributed by atoms with van der Waals surface area (Å²) in [6.07, 6.45) is 0.0630. The van der Waals surface area contributed by atoms with Gasteiger partial charge in [0.1, 0.15) is 11.9 Å². The van der Waals surface area contributed by atoms with Gasteiger partial charge in [-0.2, -0.15) is 0 Å². The Morgan fingerprint density at radius 3 is 2.27 bits per heavy atom. The Morgan fingerprint density at radius 1 is 1.05 bits per heavy atom. The molecule has 0 radical (unpaired) electrons. The molecule has 0 spiro atoms. The van der Waals surface area contributed by atoms with Crippen molar-refractivity contribution in [3.8, 4) is 0 Å². The first kappa shape index (κ1) is 15.7. The molecule has 2 aromatic rings. The maximum absolute atomic E-state index is 12.8. The van der Waals surface area contributed by atoms with Gasteiger partial charge in [-0.05, 0) is 23.3 Å². The van der Waals surface area contributed by atoms with E-state index in [1.165, 1.54) is 24.3 Å². The predicted molar refractivity (Wildman–Crippen MR) is 79.8 cm³/mol. The fraction of sp³-hybridized carbons (Fsp3) is 0.125. The van der Waals surface area contributed by atoms with Crippen LogP contribution in [0.5, 0.6) is 0 Å². The zero-order chi connectivity index (χ0) is 15.9. The van der Waals surface area contributed by atoms with E-state index in [0.717, 1.165) is 0 Å². The molecule has 2 aromatic carbocycles. The van der Waals surface area contributed by atoms with Crippen LogP contribution in [0, 0.1) is 5.82 Å². The molecule has 0 saturated carbocycles. The second kappa shape index (κ2) is 7.33. The van der Waals surface area contributed by atoms with E-state index in [2.05, 4.69) is 10.9 Å². The first-order valence-corrected chi connectivity index (χ1v) is 6.69. The normalized spacial score (nSPS) is 11.7. The molecule has 6 heteroatoms. The Labute approximate surface area is 127 Å². The highest BCUT2D eigenvalue weighted by molar-refractivity contribution is 5.83. The summed E-state index contributed by atoms with van der Waals surface area (Å²) in [6.45, 7) is 0. The molecule has 114 valence electrons. The van der Waals surface area contributed by atoms with E-state index >= 15 is 0 Å². The molecule has 0 aromatic heterocycles. The number of nitrogens with two attached hydrogens (primary N) is 1. The summed E-state index contributed by atoms with van der Waals surface area (Å²) in [5.41, 5.74) is 11.7. The molecule has 0 aliphatic rings. The van der Waals surface area contributed by atoms with Crippen LogP contribution in [-0.2, 0) is 16.0 Å². The Bertz CT molecular complexity index is 644. The molecule has 0 aliphatic heterocycles. The summed E-state index contributed by atoms with van der Waals surface area (Å²) >= 11 is 0. The SMILES string of the molecule is NC(=O)[C@H](NNC(=O)Cc1ccc(F)cc1)c1ccccc1. The average Bonchev–Trinajstić information content (AvgIpc) is 2.50. The van der Waals surface area contributed by atoms with Crippen molar-refractivity contribution < 1.29 is 14.0 Å². The molecule has 0 fully saturated rings. The predicted octanol–water partition coefficient (Wildman–Crippen LogP) is 1.22. The lowest BCUT2D eigenvalue weighted by molar-refractivity contribution is -0.123. The van der Waals surface area contributed by atoms with Crippen molar-refractivity contribution >= 4 is 11.8 Å². The van der Waals surface area contributed by atoms with Crippen molar-refractivity contribution in [2.45, 2.75) is 12.5 Å². The third-order valence-corrected chi connectivity index (χ3v) is 3.05. The lowest BCUT2D eigenvalue weighted by Crippen LogP contribution is -2.45. The van der Waals surface area contributed by atoms with Crippen LogP contribution in [-0.4, -0.2) is 11.8 Å². The number of primary amides is 1. The zero-order valence-electron chi connectivity index (χ0n) is 11.8. The van der Waals surface area contributed by atoms with Gasteiger partial charge in [0.25, 0.3) is 0 Å². The van der Waals surface area contributed by atoms with Crippen LogP contribution < -0.4 is 16.6 Å². The molecule has 0 saturated heterocycles. The topological polar surface area (TPSA) is 84.2 Å². The Kier molecular flexibility index (Phi) is 5.21. The number of benzene rings is 2. The number of halogens is 1. The van der Waals surface area contributed by atoms with Gasteiger partial charge >= 0.3 is 0 Å². The molecule has 4 N–H and O–H groups in total. The number of hydrogen-bond acceptors (Lipinski definition) is 3. The van der Waals surface area contributed by atoms with Crippen molar-refractivity contribution in [3.05, 3.63) is 71.5 Å². The highest BCUT2D eigenvalue weighted by Crippen LogP contribution is 2.10. The monoisotopic (exact) mass is 301 g/mol. The highest BCUT2D eigenvalue weighted by Gasteiger charge is 2.17. The van der Waals surface area contributed by atoms with Gasteiger partial charge in [0, 0.05) is 0 Å². The van der Waals surface area contributed by atoms with Crippen LogP contribution in [0.25, 0.3) is 0 Å². The maximum Gasteiger partial charge on any atom is 0.240 e. The first-order chi connectivity index (χ1) is 10.6. The van der Waals surface area contributed by atoms with E-state index in [4.69, 9.17) is 5.73 Å². The van der Waals surface area contributed by atoms with Gasteiger partial charge in [0.2, 0.25) is 11.8 Å². The molecule has 2 rings (SSSR count). The molecule has 0 unspecified atom stereocenters. The largest absolute Gasteiger partial charge is 0.368 e. The average molecular weight is 301 g/mol. The smallest absolute Gasteiger partial charge is 0.240 e. The summed E-state index contributed by atoms with van der Waals surface area (Å²) < 4.78 is 12.8. The molecular weight excluding hydrogens is 285 g/mol. The molecule has 0 aliphatic carbocycles. The third kappa shape index (κ3) is 4.39. The van der Waals surface area contributed by atoms with Crippen LogP contribution in [0.1, 0.15) is 17.2 Å². The Balaban J connectivity index is 1.93. The van der Waals surface area contributed by atoms with Gasteiger partial charge in [-0.3, -0.25) is 15.0 Å². The molecule has 0 heterocycles. The maximum atomic E-state index is 12.8. The van der Waals surface area contributed by atoms with Crippen LogP contribution >= 0.6 is 0 Å². The number of carbonyl (C=O) groups is 2. The number of hydrogen-bond donors (Lipinski definition) is 3. The van der Waals surface area contributed by atoms with E-state index in [0.29, 0.717) is 11.1 Å². The Morgan fingerprint density at radius 2 is 1.68 bits per heavy atom. The zero-order valence-corrected chi connectivity index (χ0v) is 11.8. The number of rotatable bonds is 6. The quantitative estimate of drug-likeness (QED) is 0.701. The summed E-state index contributed by atoms with van der Waals surface area (Å²) in [5.74, 6) is -1.32. The van der Waals surface area contributed by atoms with Crippen molar-refractivity contribution in [3.63, 3.8) is 0 Å². The van der Waals surface area contributed by atoms with Gasteiger partial charge in [-0.25, -0.2) is 9.82 Å². The summed E-state index contributed by atoms with van der Waals surface area (Å²) in [7, 11) is 0. The molecular formula is C16H16FN3O2. The lowest BCUT2D eigenvalue weighted by atomic mass is 10.1. The first-order valence-electron chi connectivity index (χ1n) is 6.69. The third-order valence-electron chi connectivity index (χ3n) is 3.05. The van der Waals surface area contributed by atoms with Crippen LogP contribution in [0.3, 0.4) is 0 Å². The van der Waals surface area contributed by atoms with Gasteiger partial charge < -0.3 is 5.73 Å². The summed E-state index contributed by atoms with van der Waals surface area (Å²) in [4.78, 5) is 23.3. The Hall–Kier alpha value is -2.73. The minimum absolute atomic E-state index is 0.0630. The van der Waals surface area contributed by atoms with E-state index in [-0.39, 0.29) is 18.1 Å². The van der Waals surface area contributed by atoms with E-state index in [1.54, 1.807) is 24.3 Å². The minimum Gasteiger partial charge on any atom is -0.368 e. The molecule has 5 nitrogen and oxygen atoms in total. The number of carbonyl (C=O) groups excluding carboxylic acids is 2. The summed E-state index contributed by atoms with van der Waals surface area (Å²) in [6, 6.07) is 13.6. The number of amides is 2. The molecule has 2 amide bonds. The summed E-state index contributed by atoms with van der Waals surface area (Å²) in [5, 5.41) is 0. The fourth-order valence-corrected chi connectivity index (χ4v) is 1.95. The van der Waals surface area contributed by atoms with Crippen LogP contribution in [0.2, 0.25) is 0 Å². The second-order valence-electron chi connectivity index (χ2n) is 4.74. The van der Waals surface area contributed by atoms with Crippen LogP contribution in [0.4, 0.5) is 4.39 Å². The van der Waals surface area contributed by atoms with Gasteiger partial charge in [-0.1, -0.05) is 42.5 Å². The van der Waals surface area contributed by atoms with Gasteiger partial charge in [0.15, 0.2) is 0 Å². The second-order valence-corrected chi connectivity index (χ2v) is 4.74.